The molecule has 0 aliphatic rings. The van der Waals surface area contributed by atoms with Gasteiger partial charge in [0.25, 0.3) is 5.91 Å². The fraction of sp³-hybridized carbons (Fsp3) is 0.167. The van der Waals surface area contributed by atoms with Crippen LogP contribution < -0.4 is 10.6 Å². The van der Waals surface area contributed by atoms with Crippen LogP contribution in [0.4, 0.5) is 5.69 Å². The first kappa shape index (κ1) is 20.3. The number of hydrogen-bond donors (Lipinski definition) is 2. The predicted molar refractivity (Wildman–Crippen MR) is 121 cm³/mol. The molecule has 0 atom stereocenters. The SMILES string of the molecule is Cc1nn(C)c(C)c1NC(=O)CNC(=O)c1cc(-c2ccccc2)nc2ccccc12. The molecule has 0 fully saturated rings. The summed E-state index contributed by atoms with van der Waals surface area (Å²) in [5, 5.41) is 10.6. The molecule has 0 unspecified atom stereocenters. The molecular weight excluding hydrogens is 390 g/mol. The zero-order chi connectivity index (χ0) is 22.0. The Bertz CT molecular complexity index is 1280. The highest BCUT2D eigenvalue weighted by Crippen LogP contribution is 2.25. The van der Waals surface area contributed by atoms with Gasteiger partial charge in [-0.15, -0.1) is 0 Å². The molecule has 4 rings (SSSR count). The van der Waals surface area contributed by atoms with Crippen LogP contribution in [-0.2, 0) is 11.8 Å². The van der Waals surface area contributed by atoms with Gasteiger partial charge in [-0.3, -0.25) is 14.3 Å². The number of hydrogen-bond acceptors (Lipinski definition) is 4. The Morgan fingerprint density at radius 3 is 2.42 bits per heavy atom. The van der Waals surface area contributed by atoms with E-state index >= 15 is 0 Å². The summed E-state index contributed by atoms with van der Waals surface area (Å²) in [6.45, 7) is 3.56. The number of nitrogens with one attached hydrogen (secondary N) is 2. The number of nitrogens with zero attached hydrogens (tertiary/aromatic N) is 3. The van der Waals surface area contributed by atoms with Crippen LogP contribution >= 0.6 is 0 Å². The molecule has 7 heteroatoms. The van der Waals surface area contributed by atoms with Crippen LogP contribution in [0.1, 0.15) is 21.7 Å². The summed E-state index contributed by atoms with van der Waals surface area (Å²) < 4.78 is 1.71. The molecule has 2 aromatic heterocycles. The van der Waals surface area contributed by atoms with E-state index in [9.17, 15) is 9.59 Å². The van der Waals surface area contributed by atoms with Crippen LogP contribution in [0.2, 0.25) is 0 Å². The number of rotatable bonds is 5. The van der Waals surface area contributed by atoms with Crippen molar-refractivity contribution in [3.8, 4) is 11.3 Å². The summed E-state index contributed by atoms with van der Waals surface area (Å²) in [4.78, 5) is 30.1. The smallest absolute Gasteiger partial charge is 0.252 e. The zero-order valence-electron chi connectivity index (χ0n) is 17.6. The van der Waals surface area contributed by atoms with Crippen LogP contribution in [-0.4, -0.2) is 33.1 Å². The predicted octanol–water partition coefficient (Wildman–Crippen LogP) is 3.62. The lowest BCUT2D eigenvalue weighted by Crippen LogP contribution is -2.33. The molecule has 0 spiro atoms. The quantitative estimate of drug-likeness (QED) is 0.523. The largest absolute Gasteiger partial charge is 0.343 e. The molecule has 2 N–H and O–H groups in total. The summed E-state index contributed by atoms with van der Waals surface area (Å²) in [6, 6.07) is 18.9. The number of para-hydroxylation sites is 1. The van der Waals surface area contributed by atoms with Crippen LogP contribution in [0.3, 0.4) is 0 Å². The van der Waals surface area contributed by atoms with Gasteiger partial charge in [0.15, 0.2) is 0 Å². The second-order valence-corrected chi connectivity index (χ2v) is 7.34. The van der Waals surface area contributed by atoms with Gasteiger partial charge in [-0.25, -0.2) is 4.98 Å². The Hall–Kier alpha value is -4.00. The zero-order valence-corrected chi connectivity index (χ0v) is 17.6. The van der Waals surface area contributed by atoms with Crippen LogP contribution in [0.25, 0.3) is 22.2 Å². The highest BCUT2D eigenvalue weighted by Gasteiger charge is 2.16. The van der Waals surface area contributed by atoms with Crippen molar-refractivity contribution < 1.29 is 9.59 Å². The molecule has 2 amide bonds. The van der Waals surface area contributed by atoms with Crippen molar-refractivity contribution in [1.29, 1.82) is 0 Å². The van der Waals surface area contributed by atoms with Gasteiger partial charge in [-0.1, -0.05) is 48.5 Å². The van der Waals surface area contributed by atoms with Gasteiger partial charge in [0, 0.05) is 18.0 Å². The topological polar surface area (TPSA) is 88.9 Å². The molecule has 156 valence electrons. The van der Waals surface area contributed by atoms with Gasteiger partial charge in [0.2, 0.25) is 5.91 Å². The van der Waals surface area contributed by atoms with E-state index in [1.54, 1.807) is 10.7 Å². The average Bonchev–Trinajstić information content (AvgIpc) is 3.03. The summed E-state index contributed by atoms with van der Waals surface area (Å²) in [5.74, 6) is -0.639. The van der Waals surface area contributed by atoms with Gasteiger partial charge in [-0.2, -0.15) is 5.10 Å². The summed E-state index contributed by atoms with van der Waals surface area (Å²) in [7, 11) is 1.82. The van der Waals surface area contributed by atoms with Crippen LogP contribution in [0.5, 0.6) is 0 Å². The van der Waals surface area contributed by atoms with Crippen molar-refractivity contribution in [1.82, 2.24) is 20.1 Å². The molecule has 2 aromatic carbocycles. The number of aromatic nitrogens is 3. The number of pyridine rings is 1. The third-order valence-electron chi connectivity index (χ3n) is 5.21. The third-order valence-corrected chi connectivity index (χ3v) is 5.21. The normalized spacial score (nSPS) is 10.8. The standard InChI is InChI=1S/C24H23N5O2/c1-15-23(16(2)29(3)28-15)27-22(30)14-25-24(31)19-13-21(17-9-5-4-6-10-17)26-20-12-8-7-11-18(19)20/h4-13H,14H2,1-3H3,(H,25,31)(H,27,30). The molecule has 7 nitrogen and oxygen atoms in total. The minimum atomic E-state index is -0.328. The van der Waals surface area contributed by atoms with E-state index in [-0.39, 0.29) is 18.4 Å². The molecule has 0 aliphatic carbocycles. The number of aryl methyl sites for hydroxylation is 2. The minimum absolute atomic E-state index is 0.149. The number of carbonyl (C=O) groups is 2. The van der Waals surface area contributed by atoms with Gasteiger partial charge in [0.1, 0.15) is 0 Å². The second-order valence-electron chi connectivity index (χ2n) is 7.34. The molecular formula is C24H23N5O2. The minimum Gasteiger partial charge on any atom is -0.343 e. The lowest BCUT2D eigenvalue weighted by molar-refractivity contribution is -0.115. The van der Waals surface area contributed by atoms with E-state index in [0.717, 1.165) is 27.9 Å². The first-order valence-electron chi connectivity index (χ1n) is 9.97. The van der Waals surface area contributed by atoms with Crippen molar-refractivity contribution in [2.24, 2.45) is 7.05 Å². The Morgan fingerprint density at radius 2 is 1.71 bits per heavy atom. The van der Waals surface area contributed by atoms with E-state index in [1.165, 1.54) is 0 Å². The van der Waals surface area contributed by atoms with Crippen molar-refractivity contribution in [3.05, 3.63) is 77.6 Å². The van der Waals surface area contributed by atoms with Gasteiger partial charge < -0.3 is 10.6 Å². The molecule has 4 aromatic rings. The Balaban J connectivity index is 1.56. The fourth-order valence-electron chi connectivity index (χ4n) is 3.51. The van der Waals surface area contributed by atoms with Crippen molar-refractivity contribution in [3.63, 3.8) is 0 Å². The third kappa shape index (κ3) is 4.16. The molecule has 0 saturated heterocycles. The molecule has 0 bridgehead atoms. The first-order valence-corrected chi connectivity index (χ1v) is 9.97. The van der Waals surface area contributed by atoms with E-state index < -0.39 is 0 Å². The Kier molecular flexibility index (Phi) is 5.49. The van der Waals surface area contributed by atoms with E-state index in [2.05, 4.69) is 15.7 Å². The summed E-state index contributed by atoms with van der Waals surface area (Å²) in [6.07, 6.45) is 0. The number of fused-ring (bicyclic) bond motifs is 1. The fourth-order valence-corrected chi connectivity index (χ4v) is 3.51. The first-order chi connectivity index (χ1) is 14.9. The Labute approximate surface area is 180 Å². The number of amides is 2. The number of benzene rings is 2. The lowest BCUT2D eigenvalue weighted by Gasteiger charge is -2.11. The van der Waals surface area contributed by atoms with Crippen LogP contribution in [0, 0.1) is 13.8 Å². The maximum absolute atomic E-state index is 13.0. The van der Waals surface area contributed by atoms with Crippen LogP contribution in [0.15, 0.2) is 60.7 Å². The summed E-state index contributed by atoms with van der Waals surface area (Å²) >= 11 is 0. The van der Waals surface area contributed by atoms with E-state index in [4.69, 9.17) is 4.98 Å². The monoisotopic (exact) mass is 413 g/mol. The van der Waals surface area contributed by atoms with Gasteiger partial charge in [-0.05, 0) is 26.0 Å². The van der Waals surface area contributed by atoms with E-state index in [0.29, 0.717) is 16.9 Å². The molecule has 0 saturated carbocycles. The highest BCUT2D eigenvalue weighted by atomic mass is 16.2. The molecule has 0 aliphatic heterocycles. The number of carbonyl (C=O) groups excluding carboxylic acids is 2. The van der Waals surface area contributed by atoms with Gasteiger partial charge >= 0.3 is 0 Å². The van der Waals surface area contributed by atoms with Crippen molar-refractivity contribution in [2.45, 2.75) is 13.8 Å². The maximum Gasteiger partial charge on any atom is 0.252 e. The number of anilines is 1. The van der Waals surface area contributed by atoms with Gasteiger partial charge in [0.05, 0.1) is 40.4 Å². The lowest BCUT2D eigenvalue weighted by atomic mass is 10.0. The average molecular weight is 413 g/mol. The highest BCUT2D eigenvalue weighted by molar-refractivity contribution is 6.08. The maximum atomic E-state index is 13.0. The van der Waals surface area contributed by atoms with Crippen molar-refractivity contribution in [2.75, 3.05) is 11.9 Å². The second kappa shape index (κ2) is 8.39. The van der Waals surface area contributed by atoms with E-state index in [1.807, 2.05) is 75.5 Å². The molecule has 2 heterocycles. The molecule has 31 heavy (non-hydrogen) atoms. The molecule has 0 radical (unpaired) electrons. The summed E-state index contributed by atoms with van der Waals surface area (Å²) in [5.41, 5.74) is 5.07. The van der Waals surface area contributed by atoms with Crippen molar-refractivity contribution >= 4 is 28.4 Å². The Morgan fingerprint density at radius 1 is 1.00 bits per heavy atom.